The number of carbonyl (C=O) groups is 3. The molecule has 1 aromatic carbocycles. The van der Waals surface area contributed by atoms with Crippen LogP contribution in [0.15, 0.2) is 29.3 Å². The van der Waals surface area contributed by atoms with Gasteiger partial charge in [-0.1, -0.05) is 11.8 Å². The van der Waals surface area contributed by atoms with Gasteiger partial charge in [-0.05, 0) is 63.5 Å². The molecule has 2 amide bonds. The number of thioether (sulfide) groups is 1. The number of benzene rings is 1. The van der Waals surface area contributed by atoms with E-state index in [4.69, 9.17) is 9.16 Å². The number of ether oxygens (including phenoxy) is 1. The number of amides is 2. The lowest BCUT2D eigenvalue weighted by atomic mass is 9.85. The molecule has 0 saturated carbocycles. The first-order valence-electron chi connectivity index (χ1n) is 12.8. The summed E-state index contributed by atoms with van der Waals surface area (Å²) in [5, 5.41) is 13.9. The van der Waals surface area contributed by atoms with Crippen LogP contribution in [-0.2, 0) is 25.4 Å². The Kier molecular flexibility index (Phi) is 10.5. The lowest BCUT2D eigenvalue weighted by Crippen LogP contribution is -2.58. The molecular weight excluding hydrogens is 528 g/mol. The lowest BCUT2D eigenvalue weighted by Gasteiger charge is -2.37. The Bertz CT molecular complexity index is 1060. The maximum absolute atomic E-state index is 12.6. The highest BCUT2D eigenvalue weighted by atomic mass is 32.2. The zero-order valence-corrected chi connectivity index (χ0v) is 24.1. The van der Waals surface area contributed by atoms with Crippen LogP contribution >= 0.6 is 11.8 Å². The van der Waals surface area contributed by atoms with Crippen molar-refractivity contribution in [3.05, 3.63) is 39.9 Å². The summed E-state index contributed by atoms with van der Waals surface area (Å²) in [5.74, 6) is 0.488. The minimum Gasteiger partial charge on any atom is -0.443 e. The zero-order chi connectivity index (χ0) is 27.9. The summed E-state index contributed by atoms with van der Waals surface area (Å²) in [6.45, 7) is 9.93. The van der Waals surface area contributed by atoms with Gasteiger partial charge in [0.1, 0.15) is 12.4 Å². The van der Waals surface area contributed by atoms with Gasteiger partial charge in [-0.25, -0.2) is 4.79 Å². The van der Waals surface area contributed by atoms with Crippen molar-refractivity contribution in [1.82, 2.24) is 10.2 Å². The van der Waals surface area contributed by atoms with Crippen molar-refractivity contribution < 1.29 is 28.5 Å². The number of rotatable bonds is 11. The first-order valence-corrected chi connectivity index (χ1v) is 17.0. The molecule has 0 aliphatic carbocycles. The van der Waals surface area contributed by atoms with Gasteiger partial charge in [0, 0.05) is 49.5 Å². The van der Waals surface area contributed by atoms with E-state index >= 15 is 0 Å². The Morgan fingerprint density at radius 3 is 2.58 bits per heavy atom. The Labute approximate surface area is 228 Å². The fourth-order valence-electron chi connectivity index (χ4n) is 4.31. The minimum absolute atomic E-state index is 0.0313. The van der Waals surface area contributed by atoms with Crippen molar-refractivity contribution in [2.75, 3.05) is 19.7 Å². The van der Waals surface area contributed by atoms with Gasteiger partial charge in [0.05, 0.1) is 10.8 Å². The molecule has 0 aromatic heterocycles. The third-order valence-electron chi connectivity index (χ3n) is 6.44. The highest BCUT2D eigenvalue weighted by Crippen LogP contribution is 2.28. The molecule has 1 N–H and O–H groups in total. The molecule has 38 heavy (non-hydrogen) atoms. The first kappa shape index (κ1) is 29.8. The summed E-state index contributed by atoms with van der Waals surface area (Å²) in [5.41, 5.74) is 0.594. The van der Waals surface area contributed by atoms with E-state index in [1.54, 1.807) is 6.92 Å². The Hall–Kier alpha value is -2.77. The van der Waals surface area contributed by atoms with Crippen molar-refractivity contribution in [1.29, 1.82) is 0 Å². The van der Waals surface area contributed by atoms with Gasteiger partial charge < -0.3 is 19.4 Å². The first-order chi connectivity index (χ1) is 17.9. The standard InChI is InChI=1S/C25H36N4O7SSi/c1-17(26-25(32)35-16-18-5-7-19(8-6-18)29(33)34)28-13-11-20(15-28)37-23(30)10-9-22-21(24(31)27-22)12-14-36-38(2,3)4/h5-8,20-22H,9-16H2,1-4H3,(H,27,31)/t20-,21-,22+/m0/s1. The Balaban J connectivity index is 1.35. The molecule has 0 unspecified atom stereocenters. The summed E-state index contributed by atoms with van der Waals surface area (Å²) >= 11 is 1.33. The molecule has 0 bridgehead atoms. The van der Waals surface area contributed by atoms with Crippen LogP contribution in [0.5, 0.6) is 0 Å². The summed E-state index contributed by atoms with van der Waals surface area (Å²) < 4.78 is 11.0. The van der Waals surface area contributed by atoms with E-state index in [2.05, 4.69) is 30.0 Å². The second kappa shape index (κ2) is 13.3. The van der Waals surface area contributed by atoms with E-state index in [1.807, 2.05) is 4.90 Å². The average molecular weight is 565 g/mol. The number of carbonyl (C=O) groups excluding carboxylic acids is 3. The average Bonchev–Trinajstić information content (AvgIpc) is 3.31. The summed E-state index contributed by atoms with van der Waals surface area (Å²) in [4.78, 5) is 52.8. The molecule has 11 nitrogen and oxygen atoms in total. The third-order valence-corrected chi connectivity index (χ3v) is 8.69. The number of nitrogens with zero attached hydrogens (tertiary/aromatic N) is 3. The predicted molar refractivity (Wildman–Crippen MR) is 148 cm³/mol. The fourth-order valence-corrected chi connectivity index (χ4v) is 6.12. The summed E-state index contributed by atoms with van der Waals surface area (Å²) in [6, 6.07) is 5.80. The van der Waals surface area contributed by atoms with Crippen molar-refractivity contribution in [3.8, 4) is 0 Å². The molecule has 0 spiro atoms. The lowest BCUT2D eigenvalue weighted by molar-refractivity contribution is -0.384. The van der Waals surface area contributed by atoms with E-state index in [-0.39, 0.29) is 40.5 Å². The summed E-state index contributed by atoms with van der Waals surface area (Å²) in [7, 11) is -1.61. The Morgan fingerprint density at radius 1 is 1.24 bits per heavy atom. The van der Waals surface area contributed by atoms with Crippen LogP contribution in [0.2, 0.25) is 19.6 Å². The third kappa shape index (κ3) is 9.21. The minimum atomic E-state index is -1.61. The topological polar surface area (TPSA) is 140 Å². The molecule has 2 fully saturated rings. The second-order valence-electron chi connectivity index (χ2n) is 10.5. The molecule has 2 aliphatic heterocycles. The number of β-lactam (4-membered cyclic amide) rings is 1. The highest BCUT2D eigenvalue weighted by molar-refractivity contribution is 8.14. The van der Waals surface area contributed by atoms with Gasteiger partial charge in [0.25, 0.3) is 5.69 Å². The maximum Gasteiger partial charge on any atom is 0.435 e. The van der Waals surface area contributed by atoms with Crippen LogP contribution in [0.3, 0.4) is 0 Å². The molecular formula is C25H36N4O7SSi. The highest BCUT2D eigenvalue weighted by Gasteiger charge is 2.39. The number of non-ortho nitro benzene ring substituents is 1. The normalized spacial score (nSPS) is 21.6. The van der Waals surface area contributed by atoms with Gasteiger partial charge in [0.2, 0.25) is 5.91 Å². The SMILES string of the molecule is CC(=NC(=O)OCc1ccc([N+](=O)[O-])cc1)N1CC[C@H](SC(=O)CC[C@H]2NC(=O)[C@H]2CCO[Si](C)(C)C)C1. The van der Waals surface area contributed by atoms with Gasteiger partial charge >= 0.3 is 6.09 Å². The Morgan fingerprint density at radius 2 is 1.95 bits per heavy atom. The summed E-state index contributed by atoms with van der Waals surface area (Å²) in [6.07, 6.45) is 1.79. The monoisotopic (exact) mass is 564 g/mol. The molecule has 2 saturated heterocycles. The molecule has 3 rings (SSSR count). The van der Waals surface area contributed by atoms with Crippen LogP contribution in [0.4, 0.5) is 10.5 Å². The molecule has 1 aromatic rings. The molecule has 2 aliphatic rings. The zero-order valence-electron chi connectivity index (χ0n) is 22.3. The van der Waals surface area contributed by atoms with Crippen molar-refractivity contribution in [3.63, 3.8) is 0 Å². The van der Waals surface area contributed by atoms with E-state index in [1.165, 1.54) is 36.0 Å². The van der Waals surface area contributed by atoms with Crippen LogP contribution in [0.1, 0.15) is 38.2 Å². The van der Waals surface area contributed by atoms with E-state index in [0.29, 0.717) is 50.4 Å². The maximum atomic E-state index is 12.6. The van der Waals surface area contributed by atoms with Crippen LogP contribution in [0.25, 0.3) is 0 Å². The van der Waals surface area contributed by atoms with Crippen molar-refractivity contribution in [2.24, 2.45) is 10.9 Å². The second-order valence-corrected chi connectivity index (χ2v) is 16.4. The van der Waals surface area contributed by atoms with E-state index in [9.17, 15) is 24.5 Å². The smallest absolute Gasteiger partial charge is 0.435 e. The van der Waals surface area contributed by atoms with Gasteiger partial charge in [-0.2, -0.15) is 4.99 Å². The quantitative estimate of drug-likeness (QED) is 0.105. The van der Waals surface area contributed by atoms with Crippen LogP contribution in [0, 0.1) is 16.0 Å². The number of likely N-dealkylation sites (tertiary alicyclic amines) is 1. The van der Waals surface area contributed by atoms with Crippen molar-refractivity contribution in [2.45, 2.75) is 70.1 Å². The van der Waals surface area contributed by atoms with Crippen molar-refractivity contribution >= 4 is 48.7 Å². The van der Waals surface area contributed by atoms with E-state index < -0.39 is 19.3 Å². The molecule has 2 heterocycles. The predicted octanol–water partition coefficient (Wildman–Crippen LogP) is 4.12. The number of nitro groups is 1. The number of nitro benzene ring substituents is 1. The number of amidine groups is 1. The van der Waals surface area contributed by atoms with Gasteiger partial charge in [-0.3, -0.25) is 19.7 Å². The number of hydrogen-bond acceptors (Lipinski definition) is 8. The number of nitrogens with one attached hydrogen (secondary N) is 1. The number of hydrogen-bond donors (Lipinski definition) is 1. The molecule has 3 atom stereocenters. The number of aliphatic imine (C=N–C) groups is 1. The molecule has 208 valence electrons. The fraction of sp³-hybridized carbons (Fsp3) is 0.600. The van der Waals surface area contributed by atoms with Gasteiger partial charge in [-0.15, -0.1) is 0 Å². The molecule has 0 radical (unpaired) electrons. The largest absolute Gasteiger partial charge is 0.443 e. The molecule has 13 heteroatoms. The van der Waals surface area contributed by atoms with E-state index in [0.717, 1.165) is 6.42 Å². The van der Waals surface area contributed by atoms with Crippen LogP contribution in [-0.4, -0.2) is 72.1 Å². The van der Waals surface area contributed by atoms with Crippen LogP contribution < -0.4 is 5.32 Å². The van der Waals surface area contributed by atoms with Gasteiger partial charge in [0.15, 0.2) is 13.4 Å².